The van der Waals surface area contributed by atoms with Crippen LogP contribution >= 0.6 is 0 Å². The summed E-state index contributed by atoms with van der Waals surface area (Å²) in [5.41, 5.74) is 6.80. The quantitative estimate of drug-likeness (QED) is 0.650. The van der Waals surface area contributed by atoms with Crippen LogP contribution in [0.15, 0.2) is 24.4 Å². The molecule has 68 valence electrons. The molecule has 1 heterocycles. The van der Waals surface area contributed by atoms with E-state index < -0.39 is 0 Å². The van der Waals surface area contributed by atoms with Crippen LogP contribution in [0.5, 0.6) is 5.75 Å². The van der Waals surface area contributed by atoms with Crippen LogP contribution in [-0.2, 0) is 6.42 Å². The lowest BCUT2D eigenvalue weighted by atomic mass is 10.1. The number of H-pyrrole nitrogens is 1. The van der Waals surface area contributed by atoms with Gasteiger partial charge in [-0.3, -0.25) is 0 Å². The number of phenolic OH excluding ortho intramolecular Hbond substituents is 1. The lowest BCUT2D eigenvalue weighted by molar-refractivity contribution is 0.476. The van der Waals surface area contributed by atoms with E-state index in [-0.39, 0.29) is 11.9 Å². The topological polar surface area (TPSA) is 62.0 Å². The molecule has 4 N–H and O–H groups in total. The van der Waals surface area contributed by atoms with Gasteiger partial charge < -0.3 is 15.8 Å². The highest BCUT2D eigenvalue weighted by Crippen LogP contribution is 2.22. The zero-order valence-electron chi connectivity index (χ0n) is 9.12. The van der Waals surface area contributed by atoms with E-state index in [0.717, 1.165) is 15.9 Å². The molecule has 1 aromatic carbocycles. The number of nitrogens with two attached hydrogens (primary N) is 1. The summed E-state index contributed by atoms with van der Waals surface area (Å²) in [5.74, 6) is 0.145. The molecule has 0 aliphatic heterocycles. The Hall–Kier alpha value is -1.48. The van der Waals surface area contributed by atoms with Gasteiger partial charge in [0.2, 0.25) is 0 Å². The molecule has 0 fully saturated rings. The molecular weight excluding hydrogens is 164 g/mol. The van der Waals surface area contributed by atoms with Gasteiger partial charge in [-0.15, -0.1) is 0 Å². The average molecular weight is 178 g/mol. The zero-order chi connectivity index (χ0) is 11.0. The van der Waals surface area contributed by atoms with E-state index in [2.05, 4.69) is 0 Å². The molecule has 0 saturated carbocycles. The van der Waals surface area contributed by atoms with Crippen molar-refractivity contribution in [3.05, 3.63) is 29.9 Å². The first kappa shape index (κ1) is 6.05. The molecule has 2 rings (SSSR count). The molecule has 0 saturated heterocycles. The summed E-state index contributed by atoms with van der Waals surface area (Å²) >= 11 is 0. The highest BCUT2D eigenvalue weighted by atomic mass is 16.3. The van der Waals surface area contributed by atoms with Crippen LogP contribution < -0.4 is 5.73 Å². The van der Waals surface area contributed by atoms with Gasteiger partial charge >= 0.3 is 0 Å². The molecule has 0 spiro atoms. The first-order valence-electron chi connectivity index (χ1n) is 5.12. The summed E-state index contributed by atoms with van der Waals surface area (Å²) in [6, 6.07) is 4.72. The maximum atomic E-state index is 9.36. The molecule has 0 aliphatic rings. The van der Waals surface area contributed by atoms with Crippen molar-refractivity contribution >= 4 is 10.9 Å². The fourth-order valence-corrected chi connectivity index (χ4v) is 1.39. The fraction of sp³-hybridized carbons (Fsp3) is 0.200. The molecule has 0 unspecified atom stereocenters. The number of aromatic hydroxyl groups is 1. The minimum Gasteiger partial charge on any atom is -0.508 e. The Morgan fingerprint density at radius 1 is 1.62 bits per heavy atom. The van der Waals surface area contributed by atoms with Crippen molar-refractivity contribution in [3.8, 4) is 5.75 Å². The normalized spacial score (nSPS) is 13.0. The van der Waals surface area contributed by atoms with Crippen molar-refractivity contribution in [3.63, 3.8) is 0 Å². The van der Waals surface area contributed by atoms with Crippen LogP contribution in [0, 0.1) is 0 Å². The summed E-state index contributed by atoms with van der Waals surface area (Å²) in [7, 11) is 0. The third-order valence-electron chi connectivity index (χ3n) is 2.01. The Kier molecular flexibility index (Phi) is 1.44. The van der Waals surface area contributed by atoms with Crippen molar-refractivity contribution in [2.45, 2.75) is 6.42 Å². The van der Waals surface area contributed by atoms with E-state index in [1.54, 1.807) is 12.1 Å². The van der Waals surface area contributed by atoms with E-state index >= 15 is 0 Å². The molecule has 0 amide bonds. The molecule has 3 heteroatoms. The lowest BCUT2D eigenvalue weighted by Gasteiger charge is -1.96. The van der Waals surface area contributed by atoms with Gasteiger partial charge in [0.1, 0.15) is 5.75 Å². The second-order valence-corrected chi connectivity index (χ2v) is 2.94. The van der Waals surface area contributed by atoms with Gasteiger partial charge in [-0.2, -0.15) is 0 Å². The maximum absolute atomic E-state index is 9.36. The lowest BCUT2D eigenvalue weighted by Crippen LogP contribution is -2.01. The first-order valence-corrected chi connectivity index (χ1v) is 4.17. The number of phenols is 1. The average Bonchev–Trinajstić information content (AvgIpc) is 2.44. The van der Waals surface area contributed by atoms with Gasteiger partial charge in [-0.25, -0.2) is 0 Å². The summed E-state index contributed by atoms with van der Waals surface area (Å²) in [5, 5.41) is 10.1. The summed E-state index contributed by atoms with van der Waals surface area (Å²) in [6.07, 6.45) is 0.686. The third-order valence-corrected chi connectivity index (χ3v) is 2.01. The van der Waals surface area contributed by atoms with Crippen molar-refractivity contribution in [1.82, 2.24) is 4.98 Å². The van der Waals surface area contributed by atoms with E-state index in [1.165, 1.54) is 6.07 Å². The van der Waals surface area contributed by atoms with E-state index in [1.807, 2.05) is 0 Å². The van der Waals surface area contributed by atoms with Crippen LogP contribution in [0.4, 0.5) is 0 Å². The molecule has 1 aromatic heterocycles. The Labute approximate surface area is 79.1 Å². The first-order chi connectivity index (χ1) is 7.15. The Balaban J connectivity index is 2.76. The second-order valence-electron chi connectivity index (χ2n) is 2.94. The summed E-state index contributed by atoms with van der Waals surface area (Å²) in [4.78, 5) is 1.06. The number of rotatable bonds is 2. The van der Waals surface area contributed by atoms with Gasteiger partial charge in [0.25, 0.3) is 0 Å². The Bertz CT molecular complexity index is 508. The van der Waals surface area contributed by atoms with E-state index in [9.17, 15) is 5.11 Å². The van der Waals surface area contributed by atoms with Crippen molar-refractivity contribution < 1.29 is 7.89 Å². The smallest absolute Gasteiger partial charge is 0.166 e. The number of hydrogen-bond acceptors (Lipinski definition) is 2. The van der Waals surface area contributed by atoms with Gasteiger partial charge in [0, 0.05) is 17.1 Å². The maximum Gasteiger partial charge on any atom is 0.166 e. The highest BCUT2D eigenvalue weighted by Gasteiger charge is 2.02. The Morgan fingerprint density at radius 3 is 3.23 bits per heavy atom. The van der Waals surface area contributed by atoms with Crippen LogP contribution in [0.2, 0.25) is 1.41 Å². The summed E-state index contributed by atoms with van der Waals surface area (Å²) < 4.78 is 15.4. The number of benzene rings is 1. The minimum atomic E-state index is 0.140. The van der Waals surface area contributed by atoms with Crippen LogP contribution in [0.3, 0.4) is 0 Å². The van der Waals surface area contributed by atoms with Gasteiger partial charge in [-0.05, 0) is 36.7 Å². The van der Waals surface area contributed by atoms with Crippen molar-refractivity contribution in [2.24, 2.45) is 5.73 Å². The SMILES string of the molecule is [2H]c1c(CCN)c2cc(O)ccc2n1[2H]. The van der Waals surface area contributed by atoms with Gasteiger partial charge in [0.15, 0.2) is 1.41 Å². The standard InChI is InChI=1S/C10H12N2O/c11-4-3-7-6-12-10-2-1-8(13)5-9(7)10/h1-2,5-6,12-13H,3-4,11H2/i6D/hD. The van der Waals surface area contributed by atoms with Gasteiger partial charge in [0.05, 0.1) is 1.37 Å². The zero-order valence-corrected chi connectivity index (χ0v) is 7.12. The van der Waals surface area contributed by atoms with Gasteiger partial charge in [-0.1, -0.05) is 0 Å². The number of aromatic amines is 1. The highest BCUT2D eigenvalue weighted by molar-refractivity contribution is 5.84. The third kappa shape index (κ3) is 1.38. The second kappa shape index (κ2) is 3.11. The number of fused-ring (bicyclic) bond motifs is 1. The fourth-order valence-electron chi connectivity index (χ4n) is 1.39. The number of hydrogen-bond donors (Lipinski definition) is 3. The molecule has 2 aromatic rings. The molecule has 13 heavy (non-hydrogen) atoms. The molecule has 0 radical (unpaired) electrons. The monoisotopic (exact) mass is 178 g/mol. The molecule has 0 aliphatic carbocycles. The number of nitrogens with one attached hydrogen (secondary N) is 1. The molecule has 0 atom stereocenters. The van der Waals surface area contributed by atoms with E-state index in [4.69, 9.17) is 8.52 Å². The molecule has 3 nitrogen and oxygen atoms in total. The van der Waals surface area contributed by atoms with Crippen molar-refractivity contribution in [1.29, 1.82) is 0 Å². The molecular formula is C10H12N2O. The van der Waals surface area contributed by atoms with E-state index in [0.29, 0.717) is 18.5 Å². The summed E-state index contributed by atoms with van der Waals surface area (Å²) in [6.45, 7) is 0.431. The predicted octanol–water partition coefficient (Wildman–Crippen LogP) is 1.37. The number of aromatic nitrogens is 1. The van der Waals surface area contributed by atoms with Crippen LogP contribution in [-0.4, -0.2) is 16.6 Å². The van der Waals surface area contributed by atoms with Crippen LogP contribution in [0.1, 0.15) is 6.93 Å². The van der Waals surface area contributed by atoms with Crippen molar-refractivity contribution in [2.75, 3.05) is 6.54 Å². The predicted molar refractivity (Wildman–Crippen MR) is 52.7 cm³/mol. The minimum absolute atomic E-state index is 0.140. The largest absolute Gasteiger partial charge is 0.508 e. The molecule has 0 bridgehead atoms. The van der Waals surface area contributed by atoms with Crippen LogP contribution in [0.25, 0.3) is 10.9 Å². The Morgan fingerprint density at radius 2 is 2.46 bits per heavy atom.